The Kier molecular flexibility index (Phi) is 7.34. The number of ether oxygens (including phenoxy) is 3. The second-order valence-electron chi connectivity index (χ2n) is 9.29. The fraction of sp³-hybridized carbons (Fsp3) is 0.636. The van der Waals surface area contributed by atoms with Gasteiger partial charge in [0.1, 0.15) is 16.2 Å². The zero-order valence-electron chi connectivity index (χ0n) is 19.0. The zero-order valence-corrected chi connectivity index (χ0v) is 19.9. The van der Waals surface area contributed by atoms with Crippen LogP contribution in [0.2, 0.25) is 0 Å². The maximum Gasteiger partial charge on any atom is 0.410 e. The number of hydrogen-bond donors (Lipinski definition) is 1. The third kappa shape index (κ3) is 6.59. The van der Waals surface area contributed by atoms with Gasteiger partial charge in [0, 0.05) is 25.0 Å². The molecule has 0 aromatic heterocycles. The highest BCUT2D eigenvalue weighted by atomic mass is 32.2. The van der Waals surface area contributed by atoms with Crippen LogP contribution in [-0.2, 0) is 19.5 Å². The van der Waals surface area contributed by atoms with Crippen molar-refractivity contribution in [3.8, 4) is 5.75 Å². The number of methoxy groups -OCH3 is 1. The fourth-order valence-corrected chi connectivity index (χ4v) is 4.94. The summed E-state index contributed by atoms with van der Waals surface area (Å²) in [5.74, 6) is -0.427. The van der Waals surface area contributed by atoms with Gasteiger partial charge < -0.3 is 19.1 Å². The molecule has 2 fully saturated rings. The van der Waals surface area contributed by atoms with Crippen molar-refractivity contribution in [2.24, 2.45) is 5.92 Å². The average molecular weight is 469 g/mol. The van der Waals surface area contributed by atoms with E-state index in [2.05, 4.69) is 4.72 Å². The molecule has 0 spiro atoms. The van der Waals surface area contributed by atoms with E-state index in [9.17, 15) is 18.0 Å². The first kappa shape index (κ1) is 24.3. The summed E-state index contributed by atoms with van der Waals surface area (Å²) >= 11 is 0. The first-order valence-electron chi connectivity index (χ1n) is 10.8. The zero-order chi connectivity index (χ0) is 23.5. The van der Waals surface area contributed by atoms with Crippen molar-refractivity contribution >= 4 is 22.1 Å². The molecular weight excluding hydrogens is 436 g/mol. The molecule has 0 bridgehead atoms. The minimum absolute atomic E-state index is 0.0310. The number of piperidine rings is 1. The molecule has 1 aromatic rings. The molecule has 10 heteroatoms. The molecule has 1 saturated heterocycles. The lowest BCUT2D eigenvalue weighted by atomic mass is 9.99. The highest BCUT2D eigenvalue weighted by molar-refractivity contribution is 7.89. The number of nitrogens with one attached hydrogen (secondary N) is 1. The molecule has 1 aliphatic carbocycles. The Labute approximate surface area is 189 Å². The molecular formula is C22H32N2O7S. The summed E-state index contributed by atoms with van der Waals surface area (Å²) in [6, 6.07) is 4.14. The molecule has 1 aromatic carbocycles. The van der Waals surface area contributed by atoms with E-state index in [4.69, 9.17) is 14.2 Å². The SMILES string of the molecule is COC(=O)c1ccc(OCC2CCCN(C(=O)OC(C)(C)C)C2)c(S(=O)(=O)NC2CC2)c1. The first-order valence-corrected chi connectivity index (χ1v) is 12.3. The Morgan fingerprint density at radius 1 is 1.19 bits per heavy atom. The maximum atomic E-state index is 12.9. The van der Waals surface area contributed by atoms with Gasteiger partial charge in [-0.15, -0.1) is 0 Å². The molecule has 3 rings (SSSR count). The van der Waals surface area contributed by atoms with Crippen LogP contribution in [0.4, 0.5) is 4.79 Å². The van der Waals surface area contributed by atoms with E-state index in [0.29, 0.717) is 13.1 Å². The van der Waals surface area contributed by atoms with Crippen molar-refractivity contribution in [3.05, 3.63) is 23.8 Å². The lowest BCUT2D eigenvalue weighted by Crippen LogP contribution is -2.44. The van der Waals surface area contributed by atoms with Gasteiger partial charge in [0.15, 0.2) is 0 Å². The molecule has 0 radical (unpaired) electrons. The number of benzene rings is 1. The van der Waals surface area contributed by atoms with Crippen LogP contribution in [0, 0.1) is 5.92 Å². The van der Waals surface area contributed by atoms with Crippen molar-refractivity contribution in [1.82, 2.24) is 9.62 Å². The van der Waals surface area contributed by atoms with E-state index >= 15 is 0 Å². The normalized spacial score (nSPS) is 19.4. The highest BCUT2D eigenvalue weighted by Crippen LogP contribution is 2.30. The fourth-order valence-electron chi connectivity index (χ4n) is 3.47. The largest absolute Gasteiger partial charge is 0.492 e. The van der Waals surface area contributed by atoms with Gasteiger partial charge in [0.2, 0.25) is 10.0 Å². The Hall–Kier alpha value is -2.33. The lowest BCUT2D eigenvalue weighted by Gasteiger charge is -2.34. The van der Waals surface area contributed by atoms with Crippen LogP contribution in [0.3, 0.4) is 0 Å². The topological polar surface area (TPSA) is 111 Å². The Bertz CT molecular complexity index is 952. The second kappa shape index (κ2) is 9.66. The van der Waals surface area contributed by atoms with Gasteiger partial charge in [-0.1, -0.05) is 0 Å². The van der Waals surface area contributed by atoms with Crippen LogP contribution in [0.25, 0.3) is 0 Å². The summed E-state index contributed by atoms with van der Waals surface area (Å²) in [6.07, 6.45) is 2.87. The maximum absolute atomic E-state index is 12.9. The van der Waals surface area contributed by atoms with Gasteiger partial charge in [-0.3, -0.25) is 0 Å². The van der Waals surface area contributed by atoms with Crippen molar-refractivity contribution in [2.45, 2.75) is 63.0 Å². The van der Waals surface area contributed by atoms with Crippen LogP contribution in [0.1, 0.15) is 56.8 Å². The molecule has 1 saturated carbocycles. The summed E-state index contributed by atoms with van der Waals surface area (Å²) in [5, 5.41) is 0. The monoisotopic (exact) mass is 468 g/mol. The number of nitrogens with zero attached hydrogens (tertiary/aromatic N) is 1. The molecule has 1 amide bonds. The minimum Gasteiger partial charge on any atom is -0.492 e. The number of carbonyl (C=O) groups excluding carboxylic acids is 2. The van der Waals surface area contributed by atoms with Gasteiger partial charge in [-0.2, -0.15) is 0 Å². The molecule has 9 nitrogen and oxygen atoms in total. The van der Waals surface area contributed by atoms with Crippen LogP contribution < -0.4 is 9.46 Å². The number of likely N-dealkylation sites (tertiary alicyclic amines) is 1. The van der Waals surface area contributed by atoms with Gasteiger partial charge >= 0.3 is 12.1 Å². The predicted octanol–water partition coefficient (Wildman–Crippen LogP) is 2.94. The molecule has 1 aliphatic heterocycles. The summed E-state index contributed by atoms with van der Waals surface area (Å²) in [5.41, 5.74) is -0.440. The van der Waals surface area contributed by atoms with E-state index < -0.39 is 21.6 Å². The van der Waals surface area contributed by atoms with Crippen molar-refractivity contribution in [1.29, 1.82) is 0 Å². The Morgan fingerprint density at radius 2 is 1.91 bits per heavy atom. The van der Waals surface area contributed by atoms with E-state index in [-0.39, 0.29) is 40.9 Å². The van der Waals surface area contributed by atoms with Crippen molar-refractivity contribution < 1.29 is 32.2 Å². The molecule has 1 N–H and O–H groups in total. The smallest absolute Gasteiger partial charge is 0.410 e. The summed E-state index contributed by atoms with van der Waals surface area (Å²) in [4.78, 5) is 25.9. The standard InChI is InChI=1S/C22H32N2O7S/c1-22(2,3)31-21(26)24-11-5-6-15(13-24)14-30-18-10-7-16(20(25)29-4)12-19(18)32(27,28)23-17-8-9-17/h7,10,12,15,17,23H,5-6,8-9,11,13-14H2,1-4H3. The van der Waals surface area contributed by atoms with Gasteiger partial charge in [-0.25, -0.2) is 22.7 Å². The number of hydrogen-bond acceptors (Lipinski definition) is 7. The Morgan fingerprint density at radius 3 is 2.53 bits per heavy atom. The quantitative estimate of drug-likeness (QED) is 0.613. The summed E-state index contributed by atoms with van der Waals surface area (Å²) in [7, 11) is -2.62. The Balaban J connectivity index is 1.72. The average Bonchev–Trinajstić information content (AvgIpc) is 3.53. The van der Waals surface area contributed by atoms with Crippen molar-refractivity contribution in [2.75, 3.05) is 26.8 Å². The van der Waals surface area contributed by atoms with E-state index in [1.54, 1.807) is 4.90 Å². The van der Waals surface area contributed by atoms with E-state index in [1.807, 2.05) is 20.8 Å². The second-order valence-corrected chi connectivity index (χ2v) is 11.0. The highest BCUT2D eigenvalue weighted by Gasteiger charge is 2.32. The third-order valence-corrected chi connectivity index (χ3v) is 6.74. The molecule has 1 atom stereocenters. The molecule has 178 valence electrons. The van der Waals surface area contributed by atoms with E-state index in [1.165, 1.54) is 25.3 Å². The molecule has 1 heterocycles. The third-order valence-electron chi connectivity index (χ3n) is 5.20. The van der Waals surface area contributed by atoms with Gasteiger partial charge in [0.05, 0.1) is 19.3 Å². The van der Waals surface area contributed by atoms with Crippen molar-refractivity contribution in [3.63, 3.8) is 0 Å². The summed E-state index contributed by atoms with van der Waals surface area (Å²) in [6.45, 7) is 6.80. The van der Waals surface area contributed by atoms with Crippen LogP contribution in [0.5, 0.6) is 5.75 Å². The van der Waals surface area contributed by atoms with E-state index in [0.717, 1.165) is 25.7 Å². The number of sulfonamides is 1. The number of carbonyl (C=O) groups is 2. The van der Waals surface area contributed by atoms with Crippen LogP contribution >= 0.6 is 0 Å². The van der Waals surface area contributed by atoms with Crippen LogP contribution in [-0.4, -0.2) is 63.8 Å². The molecule has 2 aliphatic rings. The molecule has 32 heavy (non-hydrogen) atoms. The minimum atomic E-state index is -3.86. The number of esters is 1. The summed E-state index contributed by atoms with van der Waals surface area (Å²) < 4.78 is 44.5. The molecule has 1 unspecified atom stereocenters. The number of rotatable bonds is 7. The van der Waals surface area contributed by atoms with Crippen LogP contribution in [0.15, 0.2) is 23.1 Å². The lowest BCUT2D eigenvalue weighted by molar-refractivity contribution is 0.0138. The van der Waals surface area contributed by atoms with Gasteiger partial charge in [0.25, 0.3) is 0 Å². The van der Waals surface area contributed by atoms with Gasteiger partial charge in [-0.05, 0) is 64.7 Å². The number of amides is 1. The predicted molar refractivity (Wildman–Crippen MR) is 117 cm³/mol. The first-order chi connectivity index (χ1) is 15.0.